The number of nitrogens with zero attached hydrogens (tertiary/aromatic N) is 3. The Bertz CT molecular complexity index is 739. The highest BCUT2D eigenvalue weighted by atomic mass is 32.2. The Balaban J connectivity index is 1.37. The van der Waals surface area contributed by atoms with E-state index in [4.69, 9.17) is 0 Å². The highest BCUT2D eigenvalue weighted by molar-refractivity contribution is 7.91. The molecule has 3 rings (SSSR count). The molecule has 152 valence electrons. The first-order valence-electron chi connectivity index (χ1n) is 9.80. The molecular formula is C18H31N5O2S2. The van der Waals surface area contributed by atoms with Crippen LogP contribution in [0.25, 0.3) is 0 Å². The van der Waals surface area contributed by atoms with Crippen LogP contribution in [0.15, 0.2) is 10.4 Å². The third kappa shape index (κ3) is 6.15. The van der Waals surface area contributed by atoms with Crippen molar-refractivity contribution in [2.45, 2.75) is 45.2 Å². The summed E-state index contributed by atoms with van der Waals surface area (Å²) in [6.45, 7) is 6.17. The Morgan fingerprint density at radius 2 is 2.15 bits per heavy atom. The first-order chi connectivity index (χ1) is 13.0. The second-order valence-corrected chi connectivity index (χ2v) is 10.7. The maximum absolute atomic E-state index is 11.6. The van der Waals surface area contributed by atoms with Crippen molar-refractivity contribution in [2.75, 3.05) is 38.2 Å². The minimum absolute atomic E-state index is 0.0193. The lowest BCUT2D eigenvalue weighted by molar-refractivity contribution is 0.176. The van der Waals surface area contributed by atoms with Gasteiger partial charge in [-0.05, 0) is 44.7 Å². The van der Waals surface area contributed by atoms with Gasteiger partial charge in [0.25, 0.3) is 0 Å². The molecule has 7 nitrogen and oxygen atoms in total. The van der Waals surface area contributed by atoms with E-state index in [-0.39, 0.29) is 17.5 Å². The number of hydrogen-bond acceptors (Lipinski definition) is 6. The summed E-state index contributed by atoms with van der Waals surface area (Å²) in [4.78, 5) is 11.4. The minimum Gasteiger partial charge on any atom is -0.356 e. The monoisotopic (exact) mass is 413 g/mol. The van der Waals surface area contributed by atoms with Crippen LogP contribution in [0.1, 0.15) is 36.9 Å². The smallest absolute Gasteiger partial charge is 0.191 e. The first-order valence-corrected chi connectivity index (χ1v) is 12.5. The van der Waals surface area contributed by atoms with Gasteiger partial charge in [0.1, 0.15) is 0 Å². The normalized spacial score (nSPS) is 24.2. The zero-order valence-electron chi connectivity index (χ0n) is 16.3. The molecule has 0 saturated carbocycles. The molecule has 2 aliphatic heterocycles. The van der Waals surface area contributed by atoms with Crippen molar-refractivity contribution in [3.8, 4) is 0 Å². The third-order valence-electron chi connectivity index (χ3n) is 5.35. The number of rotatable bonds is 6. The summed E-state index contributed by atoms with van der Waals surface area (Å²) in [5, 5.41) is 10.0. The van der Waals surface area contributed by atoms with Gasteiger partial charge in [-0.1, -0.05) is 6.92 Å². The van der Waals surface area contributed by atoms with Gasteiger partial charge in [-0.2, -0.15) is 0 Å². The topological polar surface area (TPSA) is 86.7 Å². The van der Waals surface area contributed by atoms with Gasteiger partial charge in [-0.15, -0.1) is 11.3 Å². The highest BCUT2D eigenvalue weighted by Gasteiger charge is 2.28. The van der Waals surface area contributed by atoms with Crippen molar-refractivity contribution in [3.05, 3.63) is 16.1 Å². The molecule has 0 aromatic carbocycles. The van der Waals surface area contributed by atoms with Crippen molar-refractivity contribution in [2.24, 2.45) is 10.9 Å². The molecule has 9 heteroatoms. The minimum atomic E-state index is -2.87. The number of hydrogen-bond donors (Lipinski definition) is 2. The van der Waals surface area contributed by atoms with Crippen LogP contribution in [0.3, 0.4) is 0 Å². The van der Waals surface area contributed by atoms with Crippen LogP contribution < -0.4 is 10.6 Å². The molecule has 1 unspecified atom stereocenters. The Labute approximate surface area is 166 Å². The Hall–Kier alpha value is -1.19. The molecular weight excluding hydrogens is 382 g/mol. The van der Waals surface area contributed by atoms with Gasteiger partial charge >= 0.3 is 0 Å². The summed E-state index contributed by atoms with van der Waals surface area (Å²) in [5.41, 5.74) is 1.20. The molecule has 0 amide bonds. The molecule has 0 bridgehead atoms. The average Bonchev–Trinajstić information content (AvgIpc) is 3.25. The van der Waals surface area contributed by atoms with Gasteiger partial charge in [0.2, 0.25) is 0 Å². The number of nitrogens with one attached hydrogen (secondary N) is 2. The van der Waals surface area contributed by atoms with Crippen molar-refractivity contribution in [3.63, 3.8) is 0 Å². The third-order valence-corrected chi connectivity index (χ3v) is 8.16. The molecule has 0 radical (unpaired) electrons. The standard InChI is InChI=1S/C18H31N5O2S2/c1-3-17-21-16(12-26-17)11-23-7-4-14(5-8-23)10-20-18(19-2)22-15-6-9-27(24,25)13-15/h12,14-15H,3-11,13H2,1-2H3,(H2,19,20,22). The molecule has 0 spiro atoms. The van der Waals surface area contributed by atoms with Crippen molar-refractivity contribution in [1.29, 1.82) is 0 Å². The lowest BCUT2D eigenvalue weighted by Crippen LogP contribution is -2.46. The fourth-order valence-corrected chi connectivity index (χ4v) is 6.11. The van der Waals surface area contributed by atoms with Crippen LogP contribution in [0.4, 0.5) is 0 Å². The van der Waals surface area contributed by atoms with E-state index in [1.165, 1.54) is 10.7 Å². The van der Waals surface area contributed by atoms with E-state index in [0.29, 0.717) is 18.3 Å². The molecule has 0 aliphatic carbocycles. The quantitative estimate of drug-likeness (QED) is 0.540. The molecule has 2 fully saturated rings. The number of aryl methyl sites for hydroxylation is 1. The molecule has 3 heterocycles. The van der Waals surface area contributed by atoms with E-state index in [1.807, 2.05) is 0 Å². The molecule has 1 aromatic heterocycles. The molecule has 2 saturated heterocycles. The fourth-order valence-electron chi connectivity index (χ4n) is 3.70. The molecule has 1 atom stereocenters. The zero-order chi connectivity index (χ0) is 19.3. The molecule has 2 N–H and O–H groups in total. The second kappa shape index (κ2) is 9.34. The van der Waals surface area contributed by atoms with Crippen LogP contribution >= 0.6 is 11.3 Å². The van der Waals surface area contributed by atoms with Gasteiger partial charge in [-0.25, -0.2) is 13.4 Å². The summed E-state index contributed by atoms with van der Waals surface area (Å²) in [5.74, 6) is 1.82. The van der Waals surface area contributed by atoms with E-state index in [9.17, 15) is 8.42 Å². The summed E-state index contributed by atoms with van der Waals surface area (Å²) in [6, 6.07) is -0.0193. The summed E-state index contributed by atoms with van der Waals surface area (Å²) < 4.78 is 23.2. The van der Waals surface area contributed by atoms with E-state index in [2.05, 4.69) is 37.8 Å². The Morgan fingerprint density at radius 3 is 2.74 bits per heavy atom. The Morgan fingerprint density at radius 1 is 1.37 bits per heavy atom. The largest absolute Gasteiger partial charge is 0.356 e. The van der Waals surface area contributed by atoms with Crippen LogP contribution in [-0.2, 0) is 22.8 Å². The van der Waals surface area contributed by atoms with Gasteiger partial charge < -0.3 is 10.6 Å². The highest BCUT2D eigenvalue weighted by Crippen LogP contribution is 2.19. The maximum atomic E-state index is 11.6. The van der Waals surface area contributed by atoms with E-state index in [1.54, 1.807) is 18.4 Å². The van der Waals surface area contributed by atoms with Gasteiger partial charge in [0.05, 0.1) is 22.2 Å². The van der Waals surface area contributed by atoms with Crippen LogP contribution in [0, 0.1) is 5.92 Å². The number of aliphatic imine (C=N–C) groups is 1. The van der Waals surface area contributed by atoms with E-state index < -0.39 is 9.84 Å². The van der Waals surface area contributed by atoms with Crippen LogP contribution in [0.5, 0.6) is 0 Å². The first kappa shape index (κ1) is 20.5. The number of guanidine groups is 1. The SMILES string of the molecule is CCc1nc(CN2CCC(CNC(=NC)NC3CCS(=O)(=O)C3)CC2)cs1. The van der Waals surface area contributed by atoms with Gasteiger partial charge in [0, 0.05) is 31.6 Å². The number of likely N-dealkylation sites (tertiary alicyclic amines) is 1. The van der Waals surface area contributed by atoms with Crippen LogP contribution in [-0.4, -0.2) is 68.5 Å². The molecule has 27 heavy (non-hydrogen) atoms. The average molecular weight is 414 g/mol. The Kier molecular flexibility index (Phi) is 7.10. The number of thiazole rings is 1. The summed E-state index contributed by atoms with van der Waals surface area (Å²) >= 11 is 1.76. The number of sulfone groups is 1. The summed E-state index contributed by atoms with van der Waals surface area (Å²) in [7, 11) is -1.14. The predicted octanol–water partition coefficient (Wildman–Crippen LogP) is 1.27. The fraction of sp³-hybridized carbons (Fsp3) is 0.778. The number of piperidine rings is 1. The second-order valence-electron chi connectivity index (χ2n) is 7.50. The predicted molar refractivity (Wildman–Crippen MR) is 111 cm³/mol. The van der Waals surface area contributed by atoms with Crippen molar-refractivity contribution in [1.82, 2.24) is 20.5 Å². The van der Waals surface area contributed by atoms with Crippen LogP contribution in [0.2, 0.25) is 0 Å². The lowest BCUT2D eigenvalue weighted by atomic mass is 9.97. The summed E-state index contributed by atoms with van der Waals surface area (Å²) in [6.07, 6.45) is 4.00. The molecule has 2 aliphatic rings. The van der Waals surface area contributed by atoms with Gasteiger partial charge in [-0.3, -0.25) is 9.89 Å². The van der Waals surface area contributed by atoms with E-state index in [0.717, 1.165) is 45.4 Å². The maximum Gasteiger partial charge on any atom is 0.191 e. The zero-order valence-corrected chi connectivity index (χ0v) is 17.9. The lowest BCUT2D eigenvalue weighted by Gasteiger charge is -2.32. The van der Waals surface area contributed by atoms with Crippen molar-refractivity contribution >= 4 is 27.1 Å². The van der Waals surface area contributed by atoms with E-state index >= 15 is 0 Å². The van der Waals surface area contributed by atoms with Gasteiger partial charge in [0.15, 0.2) is 15.8 Å². The van der Waals surface area contributed by atoms with Crippen molar-refractivity contribution < 1.29 is 8.42 Å². The molecule has 1 aromatic rings. The number of aromatic nitrogens is 1.